The summed E-state index contributed by atoms with van der Waals surface area (Å²) in [5.41, 5.74) is 5.50. The lowest BCUT2D eigenvalue weighted by molar-refractivity contribution is -0.0436. The Labute approximate surface area is 99.7 Å². The van der Waals surface area contributed by atoms with Crippen LogP contribution in [0.1, 0.15) is 26.2 Å². The molecule has 1 fully saturated rings. The van der Waals surface area contributed by atoms with E-state index in [9.17, 15) is 8.78 Å². The fourth-order valence-electron chi connectivity index (χ4n) is 2.49. The third-order valence-electron chi connectivity index (χ3n) is 3.48. The number of aliphatic imine (C=N–C) groups is 1. The molecule has 1 saturated carbocycles. The van der Waals surface area contributed by atoms with Crippen LogP contribution in [-0.4, -0.2) is 22.7 Å². The van der Waals surface area contributed by atoms with Gasteiger partial charge in [-0.1, -0.05) is 19.9 Å². The summed E-state index contributed by atoms with van der Waals surface area (Å²) in [6.45, 7) is 5.63. The van der Waals surface area contributed by atoms with Gasteiger partial charge < -0.3 is 10.6 Å². The number of hydrogen-bond acceptors (Lipinski definition) is 3. The number of hydrogen-bond donors (Lipinski definition) is 1. The van der Waals surface area contributed by atoms with Crippen LogP contribution in [0.3, 0.4) is 0 Å². The fraction of sp³-hybridized carbons (Fsp3) is 0.583. The van der Waals surface area contributed by atoms with E-state index >= 15 is 0 Å². The van der Waals surface area contributed by atoms with E-state index in [1.165, 1.54) is 11.0 Å². The van der Waals surface area contributed by atoms with E-state index in [4.69, 9.17) is 5.73 Å². The fourth-order valence-corrected chi connectivity index (χ4v) is 2.49. The molecule has 3 nitrogen and oxygen atoms in total. The van der Waals surface area contributed by atoms with Gasteiger partial charge in [0.05, 0.1) is 6.04 Å². The van der Waals surface area contributed by atoms with E-state index in [-0.39, 0.29) is 12.3 Å². The van der Waals surface area contributed by atoms with Crippen LogP contribution in [0.2, 0.25) is 0 Å². The van der Waals surface area contributed by atoms with Crippen LogP contribution in [-0.2, 0) is 0 Å². The maximum Gasteiger partial charge on any atom is 0.268 e. The Hall–Kier alpha value is -1.39. The molecule has 0 bridgehead atoms. The Morgan fingerprint density at radius 1 is 1.65 bits per heavy atom. The molecule has 2 aliphatic rings. The third kappa shape index (κ3) is 2.18. The quantitative estimate of drug-likeness (QED) is 0.807. The van der Waals surface area contributed by atoms with Crippen LogP contribution in [0.4, 0.5) is 8.78 Å². The number of rotatable bonds is 2. The number of nitrogens with two attached hydrogens (primary N) is 1. The Morgan fingerprint density at radius 2 is 2.35 bits per heavy atom. The molecule has 1 heterocycles. The monoisotopic (exact) mass is 241 g/mol. The molecular formula is C12H17F2N3. The van der Waals surface area contributed by atoms with Gasteiger partial charge in [0.2, 0.25) is 0 Å². The molecule has 0 amide bonds. The minimum atomic E-state index is -2.68. The van der Waals surface area contributed by atoms with E-state index in [1.807, 2.05) is 6.92 Å². The van der Waals surface area contributed by atoms with E-state index < -0.39 is 12.0 Å². The maximum atomic E-state index is 13.9. The largest absolute Gasteiger partial charge is 0.384 e. The van der Waals surface area contributed by atoms with E-state index in [1.54, 1.807) is 6.20 Å². The van der Waals surface area contributed by atoms with Gasteiger partial charge in [0.25, 0.3) is 5.92 Å². The minimum absolute atomic E-state index is 0.0506. The zero-order valence-electron chi connectivity index (χ0n) is 9.87. The van der Waals surface area contributed by atoms with Gasteiger partial charge in [-0.05, 0) is 18.4 Å². The first kappa shape index (κ1) is 12.1. The Kier molecular flexibility index (Phi) is 2.93. The molecule has 17 heavy (non-hydrogen) atoms. The lowest BCUT2D eigenvalue weighted by Gasteiger charge is -2.32. The van der Waals surface area contributed by atoms with Crippen molar-refractivity contribution in [3.05, 3.63) is 24.7 Å². The molecule has 0 aromatic carbocycles. The van der Waals surface area contributed by atoms with Crippen molar-refractivity contribution in [2.75, 3.05) is 0 Å². The lowest BCUT2D eigenvalue weighted by atomic mass is 10.1. The Balaban J connectivity index is 2.18. The zero-order chi connectivity index (χ0) is 12.6. The SMILES string of the molecule is C=C1N=C(N)C=CN1C1CC(CC)CC1(F)F. The highest BCUT2D eigenvalue weighted by Crippen LogP contribution is 2.44. The third-order valence-corrected chi connectivity index (χ3v) is 3.48. The van der Waals surface area contributed by atoms with Crippen LogP contribution in [0.15, 0.2) is 29.7 Å². The van der Waals surface area contributed by atoms with Gasteiger partial charge in [0.15, 0.2) is 0 Å². The number of alkyl halides is 2. The number of halogens is 2. The summed E-state index contributed by atoms with van der Waals surface area (Å²) in [5, 5.41) is 0. The molecule has 5 heteroatoms. The first-order chi connectivity index (χ1) is 7.94. The van der Waals surface area contributed by atoms with E-state index in [0.717, 1.165) is 6.42 Å². The molecule has 1 aliphatic heterocycles. The molecule has 0 aromatic rings. The van der Waals surface area contributed by atoms with Crippen LogP contribution >= 0.6 is 0 Å². The molecule has 2 atom stereocenters. The summed E-state index contributed by atoms with van der Waals surface area (Å²) in [6, 6.07) is -0.840. The van der Waals surface area contributed by atoms with Crippen molar-refractivity contribution in [2.45, 2.75) is 38.2 Å². The topological polar surface area (TPSA) is 41.6 Å². The summed E-state index contributed by atoms with van der Waals surface area (Å²) >= 11 is 0. The van der Waals surface area contributed by atoms with Crippen LogP contribution in [0.5, 0.6) is 0 Å². The molecule has 0 aromatic heterocycles. The molecule has 0 radical (unpaired) electrons. The molecule has 1 aliphatic carbocycles. The second-order valence-corrected chi connectivity index (χ2v) is 4.67. The summed E-state index contributed by atoms with van der Waals surface area (Å²) in [5.74, 6) is -2.01. The summed E-state index contributed by atoms with van der Waals surface area (Å²) in [4.78, 5) is 5.38. The summed E-state index contributed by atoms with van der Waals surface area (Å²) in [7, 11) is 0. The smallest absolute Gasteiger partial charge is 0.268 e. The highest BCUT2D eigenvalue weighted by molar-refractivity contribution is 5.92. The lowest BCUT2D eigenvalue weighted by Crippen LogP contribution is -2.41. The van der Waals surface area contributed by atoms with Crippen LogP contribution in [0.25, 0.3) is 0 Å². The highest BCUT2D eigenvalue weighted by Gasteiger charge is 2.51. The molecule has 0 saturated heterocycles. The second kappa shape index (κ2) is 4.13. The highest BCUT2D eigenvalue weighted by atomic mass is 19.3. The van der Waals surface area contributed by atoms with Crippen molar-refractivity contribution in [3.8, 4) is 0 Å². The number of nitrogens with zero attached hydrogens (tertiary/aromatic N) is 2. The molecule has 2 rings (SSSR count). The Morgan fingerprint density at radius 3 is 2.88 bits per heavy atom. The van der Waals surface area contributed by atoms with Crippen molar-refractivity contribution in [1.82, 2.24) is 4.90 Å². The predicted octanol–water partition coefficient (Wildman–Crippen LogP) is 2.47. The zero-order valence-corrected chi connectivity index (χ0v) is 9.87. The van der Waals surface area contributed by atoms with Crippen LogP contribution in [0, 0.1) is 5.92 Å². The van der Waals surface area contributed by atoms with E-state index in [0.29, 0.717) is 18.1 Å². The van der Waals surface area contributed by atoms with Crippen LogP contribution < -0.4 is 5.73 Å². The van der Waals surface area contributed by atoms with Gasteiger partial charge in [-0.2, -0.15) is 0 Å². The van der Waals surface area contributed by atoms with Crippen molar-refractivity contribution >= 4 is 5.84 Å². The maximum absolute atomic E-state index is 13.9. The normalized spacial score (nSPS) is 31.8. The molecule has 2 N–H and O–H groups in total. The average Bonchev–Trinajstić information content (AvgIpc) is 2.54. The second-order valence-electron chi connectivity index (χ2n) is 4.67. The average molecular weight is 241 g/mol. The standard InChI is InChI=1S/C12H17F2N3/c1-3-9-6-10(12(13,14)7-9)17-5-4-11(15)16-8(17)2/h4-5,9-10H,2-3,6-7H2,1H3,(H2,15,16). The molecular weight excluding hydrogens is 224 g/mol. The van der Waals surface area contributed by atoms with Crippen molar-refractivity contribution < 1.29 is 8.78 Å². The molecule has 2 unspecified atom stereocenters. The minimum Gasteiger partial charge on any atom is -0.384 e. The summed E-state index contributed by atoms with van der Waals surface area (Å²) in [6.07, 6.45) is 4.29. The van der Waals surface area contributed by atoms with Gasteiger partial charge in [-0.3, -0.25) is 0 Å². The first-order valence-corrected chi connectivity index (χ1v) is 5.81. The van der Waals surface area contributed by atoms with Gasteiger partial charge in [0, 0.05) is 12.6 Å². The van der Waals surface area contributed by atoms with Crippen molar-refractivity contribution in [1.29, 1.82) is 0 Å². The summed E-state index contributed by atoms with van der Waals surface area (Å²) < 4.78 is 27.8. The van der Waals surface area contributed by atoms with E-state index in [2.05, 4.69) is 11.6 Å². The van der Waals surface area contributed by atoms with Gasteiger partial charge in [0.1, 0.15) is 11.7 Å². The van der Waals surface area contributed by atoms with Gasteiger partial charge in [-0.25, -0.2) is 13.8 Å². The van der Waals surface area contributed by atoms with Gasteiger partial charge in [-0.15, -0.1) is 0 Å². The number of amidine groups is 1. The van der Waals surface area contributed by atoms with Crippen molar-refractivity contribution in [2.24, 2.45) is 16.6 Å². The van der Waals surface area contributed by atoms with Crippen molar-refractivity contribution in [3.63, 3.8) is 0 Å². The molecule has 94 valence electrons. The van der Waals surface area contributed by atoms with Gasteiger partial charge >= 0.3 is 0 Å². The predicted molar refractivity (Wildman–Crippen MR) is 63.5 cm³/mol. The first-order valence-electron chi connectivity index (χ1n) is 5.81. The molecule has 0 spiro atoms. The Bertz CT molecular complexity index is 387.